The number of likely N-dealkylation sites (N-methyl/N-ethyl adjacent to an activating group) is 1. The molecule has 3 atom stereocenters. The highest BCUT2D eigenvalue weighted by molar-refractivity contribution is 5.74. The lowest BCUT2D eigenvalue weighted by Crippen LogP contribution is -2.45. The molecule has 0 heterocycles. The maximum atomic E-state index is 14.0. The summed E-state index contributed by atoms with van der Waals surface area (Å²) in [5.41, 5.74) is 1.60. The van der Waals surface area contributed by atoms with Crippen LogP contribution in [0, 0.1) is 17.7 Å². The Labute approximate surface area is 136 Å². The van der Waals surface area contributed by atoms with E-state index < -0.39 is 6.10 Å². The number of aliphatic hydroxyl groups excluding tert-OH is 1. The molecule has 0 aromatic heterocycles. The molecule has 1 aromatic rings. The van der Waals surface area contributed by atoms with Crippen LogP contribution < -0.4 is 5.32 Å². The topological polar surface area (TPSA) is 52.6 Å². The van der Waals surface area contributed by atoms with Crippen molar-refractivity contribution in [2.75, 3.05) is 13.6 Å². The van der Waals surface area contributed by atoms with Crippen molar-refractivity contribution in [1.82, 2.24) is 10.2 Å². The second kappa shape index (κ2) is 6.48. The molecule has 1 saturated carbocycles. The van der Waals surface area contributed by atoms with Crippen LogP contribution in [0.15, 0.2) is 18.2 Å². The lowest BCUT2D eigenvalue weighted by atomic mass is 9.80. The molecule has 0 bridgehead atoms. The maximum Gasteiger partial charge on any atom is 0.317 e. The summed E-state index contributed by atoms with van der Waals surface area (Å²) in [6, 6.07) is 4.69. The molecule has 5 heteroatoms. The standard InChI is InChI=1S/C18H25FN2O2/c1-11-6-9-13-14(4-3-5-15(13)19)17(11)20-18(23)21(2)10-16(22)12-7-8-12/h3-5,11-12,16-17,22H,6-10H2,1-2H3,(H,20,23)/t11-,16-,17+/m1/s1. The quantitative estimate of drug-likeness (QED) is 0.896. The van der Waals surface area contributed by atoms with E-state index in [4.69, 9.17) is 0 Å². The zero-order valence-electron chi connectivity index (χ0n) is 13.8. The highest BCUT2D eigenvalue weighted by Crippen LogP contribution is 2.36. The van der Waals surface area contributed by atoms with Gasteiger partial charge in [-0.15, -0.1) is 0 Å². The van der Waals surface area contributed by atoms with Gasteiger partial charge in [-0.3, -0.25) is 0 Å². The monoisotopic (exact) mass is 320 g/mol. The Balaban J connectivity index is 1.69. The molecular weight excluding hydrogens is 295 g/mol. The molecule has 1 aromatic carbocycles. The number of rotatable bonds is 4. The van der Waals surface area contributed by atoms with Crippen molar-refractivity contribution in [1.29, 1.82) is 0 Å². The third kappa shape index (κ3) is 3.50. The zero-order chi connectivity index (χ0) is 16.6. The Hall–Kier alpha value is -1.62. The summed E-state index contributed by atoms with van der Waals surface area (Å²) in [7, 11) is 1.70. The summed E-state index contributed by atoms with van der Waals surface area (Å²) in [5.74, 6) is 0.412. The van der Waals surface area contributed by atoms with Crippen molar-refractivity contribution < 1.29 is 14.3 Å². The summed E-state index contributed by atoms with van der Waals surface area (Å²) in [6.45, 7) is 2.42. The molecule has 2 aliphatic carbocycles. The third-order valence-electron chi connectivity index (χ3n) is 5.16. The van der Waals surface area contributed by atoms with Crippen LogP contribution in [0.3, 0.4) is 0 Å². The Morgan fingerprint density at radius 2 is 2.17 bits per heavy atom. The molecule has 4 nitrogen and oxygen atoms in total. The molecule has 3 rings (SSSR count). The lowest BCUT2D eigenvalue weighted by Gasteiger charge is -2.33. The van der Waals surface area contributed by atoms with Gasteiger partial charge in [0.05, 0.1) is 12.1 Å². The van der Waals surface area contributed by atoms with Gasteiger partial charge >= 0.3 is 6.03 Å². The van der Waals surface area contributed by atoms with Gasteiger partial charge in [-0.1, -0.05) is 19.1 Å². The van der Waals surface area contributed by atoms with Gasteiger partial charge in [0.2, 0.25) is 0 Å². The molecule has 2 aliphatic rings. The number of amides is 2. The Kier molecular flexibility index (Phi) is 4.57. The first-order valence-electron chi connectivity index (χ1n) is 8.44. The van der Waals surface area contributed by atoms with Crippen LogP contribution in [0.2, 0.25) is 0 Å². The summed E-state index contributed by atoms with van der Waals surface area (Å²) in [4.78, 5) is 14.0. The van der Waals surface area contributed by atoms with Gasteiger partial charge in [0, 0.05) is 13.6 Å². The second-order valence-corrected chi connectivity index (χ2v) is 7.04. The number of hydrogen-bond donors (Lipinski definition) is 2. The Morgan fingerprint density at radius 3 is 2.87 bits per heavy atom. The number of urea groups is 1. The van der Waals surface area contributed by atoms with Crippen molar-refractivity contribution in [2.24, 2.45) is 11.8 Å². The Morgan fingerprint density at radius 1 is 1.43 bits per heavy atom. The van der Waals surface area contributed by atoms with Gasteiger partial charge in [0.25, 0.3) is 0 Å². The van der Waals surface area contributed by atoms with Crippen LogP contribution in [0.25, 0.3) is 0 Å². The van der Waals surface area contributed by atoms with Crippen molar-refractivity contribution >= 4 is 6.03 Å². The number of nitrogens with zero attached hydrogens (tertiary/aromatic N) is 1. The van der Waals surface area contributed by atoms with E-state index in [9.17, 15) is 14.3 Å². The van der Waals surface area contributed by atoms with Crippen molar-refractivity contribution in [3.8, 4) is 0 Å². The molecule has 2 amide bonds. The zero-order valence-corrected chi connectivity index (χ0v) is 13.8. The van der Waals surface area contributed by atoms with Crippen LogP contribution in [0.4, 0.5) is 9.18 Å². The average Bonchev–Trinajstić information content (AvgIpc) is 3.35. The summed E-state index contributed by atoms with van der Waals surface area (Å²) >= 11 is 0. The van der Waals surface area contributed by atoms with Gasteiger partial charge in [-0.2, -0.15) is 0 Å². The normalized spacial score (nSPS) is 24.7. The van der Waals surface area contributed by atoms with Crippen LogP contribution in [0.5, 0.6) is 0 Å². The SMILES string of the molecule is C[C@@H]1CCc2c(F)cccc2[C@H]1NC(=O)N(C)C[C@@H](O)C1CC1. The fraction of sp³-hybridized carbons (Fsp3) is 0.611. The van der Waals surface area contributed by atoms with E-state index in [-0.39, 0.29) is 23.8 Å². The van der Waals surface area contributed by atoms with E-state index in [1.807, 2.05) is 6.07 Å². The third-order valence-corrected chi connectivity index (χ3v) is 5.16. The molecular formula is C18H25FN2O2. The van der Waals surface area contributed by atoms with Crippen LogP contribution >= 0.6 is 0 Å². The van der Waals surface area contributed by atoms with Crippen molar-refractivity contribution in [2.45, 2.75) is 44.8 Å². The first-order chi connectivity index (χ1) is 11.0. The molecule has 0 aliphatic heterocycles. The number of halogens is 1. The van der Waals surface area contributed by atoms with Gasteiger partial charge in [-0.25, -0.2) is 9.18 Å². The van der Waals surface area contributed by atoms with Gasteiger partial charge in [0.15, 0.2) is 0 Å². The molecule has 1 fully saturated rings. The smallest absolute Gasteiger partial charge is 0.317 e. The van der Waals surface area contributed by atoms with E-state index in [0.717, 1.165) is 30.4 Å². The van der Waals surface area contributed by atoms with E-state index in [2.05, 4.69) is 12.2 Å². The van der Waals surface area contributed by atoms with E-state index in [1.165, 1.54) is 11.0 Å². The number of carbonyl (C=O) groups is 1. The first kappa shape index (κ1) is 16.2. The van der Waals surface area contributed by atoms with Crippen LogP contribution in [-0.4, -0.2) is 35.7 Å². The highest BCUT2D eigenvalue weighted by atomic mass is 19.1. The summed E-state index contributed by atoms with van der Waals surface area (Å²) in [6.07, 6.45) is 3.21. The minimum atomic E-state index is -0.445. The fourth-order valence-corrected chi connectivity index (χ4v) is 3.43. The van der Waals surface area contributed by atoms with Crippen molar-refractivity contribution in [3.05, 3.63) is 35.1 Å². The first-order valence-corrected chi connectivity index (χ1v) is 8.44. The minimum Gasteiger partial charge on any atom is -0.391 e. The Bertz CT molecular complexity index is 588. The number of hydrogen-bond acceptors (Lipinski definition) is 2. The second-order valence-electron chi connectivity index (χ2n) is 7.04. The predicted molar refractivity (Wildman–Crippen MR) is 86.5 cm³/mol. The fourth-order valence-electron chi connectivity index (χ4n) is 3.43. The predicted octanol–water partition coefficient (Wildman–Crippen LogP) is 2.86. The minimum absolute atomic E-state index is 0.178. The lowest BCUT2D eigenvalue weighted by molar-refractivity contribution is 0.111. The number of fused-ring (bicyclic) bond motifs is 1. The number of aliphatic hydroxyl groups is 1. The average molecular weight is 320 g/mol. The molecule has 0 saturated heterocycles. The van der Waals surface area contributed by atoms with E-state index in [0.29, 0.717) is 18.9 Å². The number of nitrogens with one attached hydrogen (secondary N) is 1. The summed E-state index contributed by atoms with van der Waals surface area (Å²) in [5, 5.41) is 13.0. The number of benzene rings is 1. The molecule has 0 radical (unpaired) electrons. The summed E-state index contributed by atoms with van der Waals surface area (Å²) < 4.78 is 14.0. The molecule has 0 unspecified atom stereocenters. The van der Waals surface area contributed by atoms with E-state index >= 15 is 0 Å². The largest absolute Gasteiger partial charge is 0.391 e. The van der Waals surface area contributed by atoms with Crippen LogP contribution in [-0.2, 0) is 6.42 Å². The van der Waals surface area contributed by atoms with E-state index in [1.54, 1.807) is 13.1 Å². The van der Waals surface area contributed by atoms with Gasteiger partial charge < -0.3 is 15.3 Å². The molecule has 23 heavy (non-hydrogen) atoms. The molecule has 0 spiro atoms. The highest BCUT2D eigenvalue weighted by Gasteiger charge is 2.33. The maximum absolute atomic E-state index is 14.0. The number of carbonyl (C=O) groups excluding carboxylic acids is 1. The molecule has 2 N–H and O–H groups in total. The van der Waals surface area contributed by atoms with Crippen LogP contribution in [0.1, 0.15) is 43.4 Å². The van der Waals surface area contributed by atoms with Crippen molar-refractivity contribution in [3.63, 3.8) is 0 Å². The molecule has 126 valence electrons. The van der Waals surface area contributed by atoms with Gasteiger partial charge in [-0.05, 0) is 54.7 Å². The van der Waals surface area contributed by atoms with Gasteiger partial charge in [0.1, 0.15) is 5.82 Å².